The number of aryl methyl sites for hydroxylation is 1. The Morgan fingerprint density at radius 3 is 2.77 bits per heavy atom. The van der Waals surface area contributed by atoms with Gasteiger partial charge in [0, 0.05) is 25.1 Å². The number of rotatable bonds is 7. The summed E-state index contributed by atoms with van der Waals surface area (Å²) in [6.45, 7) is 0.874. The van der Waals surface area contributed by atoms with Gasteiger partial charge >= 0.3 is 0 Å². The lowest BCUT2D eigenvalue weighted by molar-refractivity contribution is -0.121. The smallest absolute Gasteiger partial charge is 0.261 e. The molecule has 2 aromatic carbocycles. The Bertz CT molecular complexity index is 966. The lowest BCUT2D eigenvalue weighted by Gasteiger charge is -2.10. The van der Waals surface area contributed by atoms with Crippen LogP contribution in [0.1, 0.15) is 18.4 Å². The van der Waals surface area contributed by atoms with Gasteiger partial charge in [-0.3, -0.25) is 14.2 Å². The summed E-state index contributed by atoms with van der Waals surface area (Å²) in [5, 5.41) is 3.48. The standard InChI is InChI=1S/C20H21N3O3/c1-26-18-10-5-2-7-15(18)13-21-19(24)11-6-12-23-14-22-17-9-4-3-8-16(17)20(23)25/h2-5,7-10,14H,6,11-13H2,1H3,(H,21,24). The van der Waals surface area contributed by atoms with Gasteiger partial charge in [-0.15, -0.1) is 0 Å². The monoisotopic (exact) mass is 351 g/mol. The number of hydrogen-bond acceptors (Lipinski definition) is 4. The number of methoxy groups -OCH3 is 1. The highest BCUT2D eigenvalue weighted by Crippen LogP contribution is 2.16. The van der Waals surface area contributed by atoms with Crippen molar-refractivity contribution >= 4 is 16.8 Å². The van der Waals surface area contributed by atoms with Crippen LogP contribution in [-0.2, 0) is 17.9 Å². The van der Waals surface area contributed by atoms with Crippen LogP contribution >= 0.6 is 0 Å². The zero-order valence-corrected chi connectivity index (χ0v) is 14.6. The maximum absolute atomic E-state index is 12.4. The molecule has 0 aliphatic heterocycles. The van der Waals surface area contributed by atoms with Gasteiger partial charge in [-0.2, -0.15) is 0 Å². The first kappa shape index (κ1) is 17.7. The summed E-state index contributed by atoms with van der Waals surface area (Å²) in [7, 11) is 1.61. The van der Waals surface area contributed by atoms with Crippen LogP contribution < -0.4 is 15.6 Å². The van der Waals surface area contributed by atoms with Gasteiger partial charge in [0.25, 0.3) is 5.56 Å². The molecule has 1 heterocycles. The number of aromatic nitrogens is 2. The van der Waals surface area contributed by atoms with Crippen molar-refractivity contribution in [2.75, 3.05) is 7.11 Å². The van der Waals surface area contributed by atoms with E-state index in [0.29, 0.717) is 36.8 Å². The number of carbonyl (C=O) groups is 1. The average Bonchev–Trinajstić information content (AvgIpc) is 2.68. The summed E-state index contributed by atoms with van der Waals surface area (Å²) in [5.74, 6) is 0.694. The first-order valence-electron chi connectivity index (χ1n) is 8.52. The highest BCUT2D eigenvalue weighted by Gasteiger charge is 2.07. The summed E-state index contributed by atoms with van der Waals surface area (Å²) in [6, 6.07) is 14.8. The topological polar surface area (TPSA) is 73.2 Å². The summed E-state index contributed by atoms with van der Waals surface area (Å²) in [4.78, 5) is 28.7. The van der Waals surface area contributed by atoms with Crippen LogP contribution in [0.25, 0.3) is 10.9 Å². The summed E-state index contributed by atoms with van der Waals surface area (Å²) < 4.78 is 6.82. The van der Waals surface area contributed by atoms with Gasteiger partial charge < -0.3 is 10.1 Å². The second-order valence-corrected chi connectivity index (χ2v) is 5.95. The first-order chi connectivity index (χ1) is 12.7. The van der Waals surface area contributed by atoms with Crippen molar-refractivity contribution < 1.29 is 9.53 Å². The molecule has 26 heavy (non-hydrogen) atoms. The number of para-hydroxylation sites is 2. The Kier molecular flexibility index (Phi) is 5.63. The SMILES string of the molecule is COc1ccccc1CNC(=O)CCCn1cnc2ccccc2c1=O. The van der Waals surface area contributed by atoms with E-state index >= 15 is 0 Å². The van der Waals surface area contributed by atoms with E-state index in [1.807, 2.05) is 42.5 Å². The van der Waals surface area contributed by atoms with Crippen molar-refractivity contribution in [1.82, 2.24) is 14.9 Å². The molecule has 0 spiro atoms. The minimum absolute atomic E-state index is 0.0577. The number of ether oxygens (including phenoxy) is 1. The van der Waals surface area contributed by atoms with E-state index in [9.17, 15) is 9.59 Å². The number of benzene rings is 2. The lowest BCUT2D eigenvalue weighted by atomic mass is 10.2. The molecule has 0 fully saturated rings. The molecule has 0 aliphatic carbocycles. The van der Waals surface area contributed by atoms with Crippen molar-refractivity contribution in [3.8, 4) is 5.75 Å². The largest absolute Gasteiger partial charge is 0.496 e. The zero-order valence-electron chi connectivity index (χ0n) is 14.6. The normalized spacial score (nSPS) is 10.7. The Morgan fingerprint density at radius 1 is 1.15 bits per heavy atom. The quantitative estimate of drug-likeness (QED) is 0.710. The molecule has 0 aliphatic rings. The third kappa shape index (κ3) is 4.08. The fourth-order valence-electron chi connectivity index (χ4n) is 2.81. The van der Waals surface area contributed by atoms with Gasteiger partial charge in [0.2, 0.25) is 5.91 Å². The van der Waals surface area contributed by atoms with E-state index in [-0.39, 0.29) is 11.5 Å². The Labute approximate surface area is 151 Å². The molecule has 1 amide bonds. The van der Waals surface area contributed by atoms with Gasteiger partial charge in [-0.05, 0) is 24.6 Å². The van der Waals surface area contributed by atoms with Crippen molar-refractivity contribution in [3.63, 3.8) is 0 Å². The number of carbonyl (C=O) groups excluding carboxylic acids is 1. The maximum atomic E-state index is 12.4. The minimum Gasteiger partial charge on any atom is -0.496 e. The fraction of sp³-hybridized carbons (Fsp3) is 0.250. The van der Waals surface area contributed by atoms with Gasteiger partial charge in [0.1, 0.15) is 5.75 Å². The molecule has 0 atom stereocenters. The van der Waals surface area contributed by atoms with E-state index < -0.39 is 0 Å². The van der Waals surface area contributed by atoms with Gasteiger partial charge in [-0.25, -0.2) is 4.98 Å². The van der Waals surface area contributed by atoms with Crippen LogP contribution in [0.2, 0.25) is 0 Å². The molecule has 134 valence electrons. The third-order valence-electron chi connectivity index (χ3n) is 4.20. The molecule has 0 bridgehead atoms. The average molecular weight is 351 g/mol. The third-order valence-corrected chi connectivity index (χ3v) is 4.20. The molecule has 0 radical (unpaired) electrons. The van der Waals surface area contributed by atoms with Crippen molar-refractivity contribution in [2.45, 2.75) is 25.9 Å². The predicted molar refractivity (Wildman–Crippen MR) is 100 cm³/mol. The molecular weight excluding hydrogens is 330 g/mol. The molecule has 6 heteroatoms. The van der Waals surface area contributed by atoms with Gasteiger partial charge in [-0.1, -0.05) is 30.3 Å². The summed E-state index contributed by atoms with van der Waals surface area (Å²) in [6.07, 6.45) is 2.45. The molecule has 6 nitrogen and oxygen atoms in total. The molecule has 0 saturated carbocycles. The highest BCUT2D eigenvalue weighted by atomic mass is 16.5. The second kappa shape index (κ2) is 8.29. The fourth-order valence-corrected chi connectivity index (χ4v) is 2.81. The molecule has 0 saturated heterocycles. The Hall–Kier alpha value is -3.15. The van der Waals surface area contributed by atoms with Crippen LogP contribution in [0, 0.1) is 0 Å². The van der Waals surface area contributed by atoms with Crippen LogP contribution in [0.3, 0.4) is 0 Å². The molecule has 3 aromatic rings. The van der Waals surface area contributed by atoms with E-state index in [2.05, 4.69) is 10.3 Å². The van der Waals surface area contributed by atoms with E-state index in [0.717, 1.165) is 11.3 Å². The molecule has 0 unspecified atom stereocenters. The van der Waals surface area contributed by atoms with Gasteiger partial charge in [0.05, 0.1) is 24.3 Å². The lowest BCUT2D eigenvalue weighted by Crippen LogP contribution is -2.25. The number of amides is 1. The van der Waals surface area contributed by atoms with Crippen LogP contribution in [0.4, 0.5) is 0 Å². The summed E-state index contributed by atoms with van der Waals surface area (Å²) in [5.41, 5.74) is 1.53. The van der Waals surface area contributed by atoms with Crippen LogP contribution in [0.15, 0.2) is 59.7 Å². The Balaban J connectivity index is 1.53. The molecule has 1 N–H and O–H groups in total. The maximum Gasteiger partial charge on any atom is 0.261 e. The number of hydrogen-bond donors (Lipinski definition) is 1. The molecule has 3 rings (SSSR count). The second-order valence-electron chi connectivity index (χ2n) is 5.95. The minimum atomic E-state index is -0.0787. The van der Waals surface area contributed by atoms with Crippen LogP contribution in [0.5, 0.6) is 5.75 Å². The van der Waals surface area contributed by atoms with Gasteiger partial charge in [0.15, 0.2) is 0 Å². The van der Waals surface area contributed by atoms with E-state index in [1.165, 1.54) is 6.33 Å². The van der Waals surface area contributed by atoms with E-state index in [1.54, 1.807) is 17.7 Å². The number of fused-ring (bicyclic) bond motifs is 1. The first-order valence-corrected chi connectivity index (χ1v) is 8.52. The number of nitrogens with zero attached hydrogens (tertiary/aromatic N) is 2. The molecule has 1 aromatic heterocycles. The van der Waals surface area contributed by atoms with Crippen molar-refractivity contribution in [3.05, 3.63) is 70.8 Å². The number of nitrogens with one attached hydrogen (secondary N) is 1. The van der Waals surface area contributed by atoms with Crippen molar-refractivity contribution in [1.29, 1.82) is 0 Å². The summed E-state index contributed by atoms with van der Waals surface area (Å²) >= 11 is 0. The highest BCUT2D eigenvalue weighted by molar-refractivity contribution is 5.77. The predicted octanol–water partition coefficient (Wildman–Crippen LogP) is 2.50. The van der Waals surface area contributed by atoms with Crippen LogP contribution in [-0.4, -0.2) is 22.6 Å². The molecular formula is C20H21N3O3. The zero-order chi connectivity index (χ0) is 18.4. The Morgan fingerprint density at radius 2 is 1.92 bits per heavy atom. The van der Waals surface area contributed by atoms with E-state index in [4.69, 9.17) is 4.74 Å². The van der Waals surface area contributed by atoms with Crippen molar-refractivity contribution in [2.24, 2.45) is 0 Å².